The zero-order valence-corrected chi connectivity index (χ0v) is 10.0. The summed E-state index contributed by atoms with van der Waals surface area (Å²) in [7, 11) is 0. The van der Waals surface area contributed by atoms with Crippen molar-refractivity contribution in [3.05, 3.63) is 60.7 Å². The summed E-state index contributed by atoms with van der Waals surface area (Å²) in [5, 5.41) is 0. The Kier molecular flexibility index (Phi) is 3.61. The summed E-state index contributed by atoms with van der Waals surface area (Å²) in [6.07, 6.45) is 1.82. The first kappa shape index (κ1) is 11.5. The molecule has 0 unspecified atom stereocenters. The van der Waals surface area contributed by atoms with E-state index in [1.54, 1.807) is 0 Å². The molecular weight excluding hydrogens is 208 g/mol. The Morgan fingerprint density at radius 2 is 1.82 bits per heavy atom. The van der Waals surface area contributed by atoms with E-state index < -0.39 is 0 Å². The van der Waals surface area contributed by atoms with Gasteiger partial charge >= 0.3 is 0 Å². The van der Waals surface area contributed by atoms with Gasteiger partial charge in [-0.2, -0.15) is 0 Å². The SMILES string of the molecule is C=Cc1ccc(-c2ccccc2)cc1OCC. The highest BCUT2D eigenvalue weighted by Crippen LogP contribution is 2.27. The van der Waals surface area contributed by atoms with Gasteiger partial charge < -0.3 is 4.74 Å². The lowest BCUT2D eigenvalue weighted by molar-refractivity contribution is 0.339. The third-order valence-corrected chi connectivity index (χ3v) is 2.64. The summed E-state index contributed by atoms with van der Waals surface area (Å²) in [6.45, 7) is 6.45. The summed E-state index contributed by atoms with van der Waals surface area (Å²) in [4.78, 5) is 0. The van der Waals surface area contributed by atoms with Crippen molar-refractivity contribution in [2.75, 3.05) is 6.61 Å². The van der Waals surface area contributed by atoms with Crippen molar-refractivity contribution in [2.45, 2.75) is 6.92 Å². The van der Waals surface area contributed by atoms with Crippen LogP contribution in [0.4, 0.5) is 0 Å². The van der Waals surface area contributed by atoms with Crippen LogP contribution < -0.4 is 4.74 Å². The second kappa shape index (κ2) is 5.35. The molecule has 0 aliphatic carbocycles. The molecular formula is C16H16O. The summed E-state index contributed by atoms with van der Waals surface area (Å²) in [5.41, 5.74) is 3.40. The Balaban J connectivity index is 2.43. The van der Waals surface area contributed by atoms with E-state index in [1.165, 1.54) is 11.1 Å². The minimum Gasteiger partial charge on any atom is -0.493 e. The number of benzene rings is 2. The smallest absolute Gasteiger partial charge is 0.127 e. The highest BCUT2D eigenvalue weighted by Gasteiger charge is 2.03. The monoisotopic (exact) mass is 224 g/mol. The van der Waals surface area contributed by atoms with Gasteiger partial charge in [0.1, 0.15) is 5.75 Å². The van der Waals surface area contributed by atoms with Crippen molar-refractivity contribution in [1.82, 2.24) is 0 Å². The van der Waals surface area contributed by atoms with Crippen molar-refractivity contribution in [3.63, 3.8) is 0 Å². The van der Waals surface area contributed by atoms with Crippen molar-refractivity contribution in [2.24, 2.45) is 0 Å². The molecule has 1 heteroatoms. The van der Waals surface area contributed by atoms with Crippen molar-refractivity contribution in [1.29, 1.82) is 0 Å². The maximum absolute atomic E-state index is 5.62. The van der Waals surface area contributed by atoms with E-state index in [9.17, 15) is 0 Å². The maximum atomic E-state index is 5.62. The highest BCUT2D eigenvalue weighted by atomic mass is 16.5. The zero-order valence-electron chi connectivity index (χ0n) is 10.0. The van der Waals surface area contributed by atoms with Gasteiger partial charge in [0.15, 0.2) is 0 Å². The lowest BCUT2D eigenvalue weighted by Crippen LogP contribution is -1.94. The van der Waals surface area contributed by atoms with Crippen LogP contribution in [0.15, 0.2) is 55.1 Å². The van der Waals surface area contributed by atoms with Gasteiger partial charge in [-0.3, -0.25) is 0 Å². The Bertz CT molecular complexity index is 500. The molecule has 0 spiro atoms. The maximum Gasteiger partial charge on any atom is 0.127 e. The quantitative estimate of drug-likeness (QED) is 0.748. The molecule has 0 aliphatic rings. The fourth-order valence-corrected chi connectivity index (χ4v) is 1.79. The first-order valence-corrected chi connectivity index (χ1v) is 5.80. The standard InChI is InChI=1S/C16H16O/c1-3-13-10-11-15(12-16(13)17-4-2)14-8-6-5-7-9-14/h3,5-12H,1,4H2,2H3. The minimum atomic E-state index is 0.666. The fraction of sp³-hybridized carbons (Fsp3) is 0.125. The summed E-state index contributed by atoms with van der Waals surface area (Å²) >= 11 is 0. The number of hydrogen-bond acceptors (Lipinski definition) is 1. The molecule has 0 fully saturated rings. The molecule has 0 amide bonds. The van der Waals surface area contributed by atoms with E-state index in [0.717, 1.165) is 11.3 Å². The molecule has 2 aromatic carbocycles. The van der Waals surface area contributed by atoms with Gasteiger partial charge in [-0.1, -0.05) is 55.1 Å². The average molecular weight is 224 g/mol. The van der Waals surface area contributed by atoms with Gasteiger partial charge in [0.25, 0.3) is 0 Å². The van der Waals surface area contributed by atoms with Crippen LogP contribution >= 0.6 is 0 Å². The van der Waals surface area contributed by atoms with Gasteiger partial charge in [-0.05, 0) is 24.1 Å². The molecule has 0 radical (unpaired) electrons. The zero-order chi connectivity index (χ0) is 12.1. The van der Waals surface area contributed by atoms with Crippen LogP contribution in [0.5, 0.6) is 5.75 Å². The van der Waals surface area contributed by atoms with E-state index in [2.05, 4.69) is 30.8 Å². The second-order valence-corrected chi connectivity index (χ2v) is 3.76. The lowest BCUT2D eigenvalue weighted by atomic mass is 10.0. The summed E-state index contributed by atoms with van der Waals surface area (Å²) in [6, 6.07) is 16.5. The van der Waals surface area contributed by atoms with Gasteiger partial charge in [0.05, 0.1) is 6.61 Å². The van der Waals surface area contributed by atoms with Crippen LogP contribution in [0, 0.1) is 0 Å². The Labute approximate surface area is 102 Å². The van der Waals surface area contributed by atoms with Crippen LogP contribution in [0.1, 0.15) is 12.5 Å². The van der Waals surface area contributed by atoms with Crippen LogP contribution in [0.2, 0.25) is 0 Å². The predicted octanol–water partition coefficient (Wildman–Crippen LogP) is 4.40. The van der Waals surface area contributed by atoms with Crippen LogP contribution in [-0.4, -0.2) is 6.61 Å². The molecule has 86 valence electrons. The van der Waals surface area contributed by atoms with Crippen LogP contribution in [-0.2, 0) is 0 Å². The van der Waals surface area contributed by atoms with Crippen LogP contribution in [0.25, 0.3) is 17.2 Å². The number of ether oxygens (including phenoxy) is 1. The topological polar surface area (TPSA) is 9.23 Å². The first-order chi connectivity index (χ1) is 8.35. The Hall–Kier alpha value is -2.02. The van der Waals surface area contributed by atoms with E-state index in [1.807, 2.05) is 37.3 Å². The third kappa shape index (κ3) is 2.56. The summed E-state index contributed by atoms with van der Waals surface area (Å²) < 4.78 is 5.62. The molecule has 0 aromatic heterocycles. The van der Waals surface area contributed by atoms with Crippen molar-refractivity contribution < 1.29 is 4.74 Å². The van der Waals surface area contributed by atoms with Gasteiger partial charge in [-0.15, -0.1) is 0 Å². The van der Waals surface area contributed by atoms with Gasteiger partial charge in [0.2, 0.25) is 0 Å². The summed E-state index contributed by atoms with van der Waals surface area (Å²) in [5.74, 6) is 0.892. The molecule has 2 rings (SSSR count). The van der Waals surface area contributed by atoms with E-state index in [0.29, 0.717) is 6.61 Å². The Morgan fingerprint density at radius 3 is 2.47 bits per heavy atom. The lowest BCUT2D eigenvalue weighted by Gasteiger charge is -2.09. The third-order valence-electron chi connectivity index (χ3n) is 2.64. The molecule has 0 saturated carbocycles. The molecule has 0 N–H and O–H groups in total. The predicted molar refractivity (Wildman–Crippen MR) is 73.1 cm³/mol. The molecule has 1 nitrogen and oxygen atoms in total. The normalized spacial score (nSPS) is 9.94. The fourth-order valence-electron chi connectivity index (χ4n) is 1.79. The van der Waals surface area contributed by atoms with Gasteiger partial charge in [-0.25, -0.2) is 0 Å². The molecule has 0 bridgehead atoms. The van der Waals surface area contributed by atoms with Gasteiger partial charge in [0, 0.05) is 5.56 Å². The molecule has 0 aliphatic heterocycles. The van der Waals surface area contributed by atoms with Crippen LogP contribution in [0.3, 0.4) is 0 Å². The average Bonchev–Trinajstić information content (AvgIpc) is 2.40. The van der Waals surface area contributed by atoms with Crippen molar-refractivity contribution in [3.8, 4) is 16.9 Å². The van der Waals surface area contributed by atoms with Crippen molar-refractivity contribution >= 4 is 6.08 Å². The number of hydrogen-bond donors (Lipinski definition) is 0. The van der Waals surface area contributed by atoms with E-state index in [-0.39, 0.29) is 0 Å². The Morgan fingerprint density at radius 1 is 1.06 bits per heavy atom. The van der Waals surface area contributed by atoms with E-state index in [4.69, 9.17) is 4.74 Å². The molecule has 17 heavy (non-hydrogen) atoms. The number of rotatable bonds is 4. The molecule has 0 saturated heterocycles. The highest BCUT2D eigenvalue weighted by molar-refractivity contribution is 5.69. The molecule has 0 heterocycles. The largest absolute Gasteiger partial charge is 0.493 e. The minimum absolute atomic E-state index is 0.666. The molecule has 2 aromatic rings. The van der Waals surface area contributed by atoms with E-state index >= 15 is 0 Å². The first-order valence-electron chi connectivity index (χ1n) is 5.80. The molecule has 0 atom stereocenters. The second-order valence-electron chi connectivity index (χ2n) is 3.76.